The molecule has 0 fully saturated rings. The predicted octanol–water partition coefficient (Wildman–Crippen LogP) is 1.59. The van der Waals surface area contributed by atoms with E-state index in [9.17, 15) is 9.59 Å². The fourth-order valence-electron chi connectivity index (χ4n) is 1.93. The van der Waals surface area contributed by atoms with Crippen LogP contribution in [0.2, 0.25) is 0 Å². The number of methoxy groups -OCH3 is 1. The number of anilines is 1. The van der Waals surface area contributed by atoms with Gasteiger partial charge >= 0.3 is 5.97 Å². The molecule has 2 rings (SSSR count). The molecule has 1 aliphatic heterocycles. The van der Waals surface area contributed by atoms with Crippen molar-refractivity contribution in [1.29, 1.82) is 0 Å². The minimum atomic E-state index is -0.552. The van der Waals surface area contributed by atoms with Gasteiger partial charge in [-0.15, -0.1) is 0 Å². The molecule has 1 aromatic carbocycles. The first kappa shape index (κ1) is 13.0. The van der Waals surface area contributed by atoms with Gasteiger partial charge in [0.05, 0.1) is 7.11 Å². The summed E-state index contributed by atoms with van der Waals surface area (Å²) < 4.78 is 5.46. The monoisotopic (exact) mass is 312 g/mol. The zero-order valence-corrected chi connectivity index (χ0v) is 11.6. The normalized spacial score (nSPS) is 19.1. The molecular weight excluding hydrogens is 300 g/mol. The van der Waals surface area contributed by atoms with Gasteiger partial charge in [-0.2, -0.15) is 0 Å². The van der Waals surface area contributed by atoms with Gasteiger partial charge < -0.3 is 10.1 Å². The minimum Gasteiger partial charge on any atom is -0.468 e. The quantitative estimate of drug-likeness (QED) is 0.832. The maximum absolute atomic E-state index is 11.9. The molecule has 1 heterocycles. The first-order valence-electron chi connectivity index (χ1n) is 5.47. The molecule has 18 heavy (non-hydrogen) atoms. The highest BCUT2D eigenvalue weighted by Gasteiger charge is 2.34. The fourth-order valence-corrected chi connectivity index (χ4v) is 2.52. The number of hydrogen-bond acceptors (Lipinski definition) is 4. The van der Waals surface area contributed by atoms with Crippen molar-refractivity contribution in [3.8, 4) is 0 Å². The molecular formula is C12H13BrN2O3. The molecule has 1 unspecified atom stereocenters. The zero-order chi connectivity index (χ0) is 13.3. The molecule has 0 saturated carbocycles. The number of amides is 1. The number of hydrogen-bond donors (Lipinski definition) is 2. The number of halogens is 1. The van der Waals surface area contributed by atoms with Crippen LogP contribution in [0.4, 0.5) is 5.69 Å². The summed E-state index contributed by atoms with van der Waals surface area (Å²) in [5, 5.41) is 5.73. The van der Waals surface area contributed by atoms with Crippen LogP contribution in [0.25, 0.3) is 0 Å². The molecule has 0 bridgehead atoms. The van der Waals surface area contributed by atoms with Gasteiger partial charge in [-0.25, -0.2) is 0 Å². The fraction of sp³-hybridized carbons (Fsp3) is 0.333. The number of carbonyl (C=O) groups excluding carboxylic acids is 2. The Morgan fingerprint density at radius 1 is 1.56 bits per heavy atom. The van der Waals surface area contributed by atoms with Gasteiger partial charge in [0.25, 0.3) is 0 Å². The maximum Gasteiger partial charge on any atom is 0.322 e. The van der Waals surface area contributed by atoms with Crippen LogP contribution in [0, 0.1) is 0 Å². The molecule has 0 spiro atoms. The number of esters is 1. The molecule has 96 valence electrons. The highest BCUT2D eigenvalue weighted by atomic mass is 79.9. The summed E-state index contributed by atoms with van der Waals surface area (Å²) in [6.07, 6.45) is 0. The Bertz CT molecular complexity index is 504. The Morgan fingerprint density at radius 2 is 2.28 bits per heavy atom. The van der Waals surface area contributed by atoms with Crippen LogP contribution < -0.4 is 10.6 Å². The van der Waals surface area contributed by atoms with Gasteiger partial charge in [0.2, 0.25) is 5.91 Å². The number of nitrogens with one attached hydrogen (secondary N) is 2. The average molecular weight is 313 g/mol. The van der Waals surface area contributed by atoms with E-state index in [1.807, 2.05) is 18.2 Å². The molecule has 0 saturated heterocycles. The molecule has 2 N–H and O–H groups in total. The molecule has 1 aromatic rings. The van der Waals surface area contributed by atoms with Crippen molar-refractivity contribution in [3.05, 3.63) is 28.2 Å². The third-order valence-corrected chi connectivity index (χ3v) is 3.52. The Kier molecular flexibility index (Phi) is 3.68. The summed E-state index contributed by atoms with van der Waals surface area (Å²) in [5.74, 6) is -0.573. The van der Waals surface area contributed by atoms with E-state index in [-0.39, 0.29) is 5.91 Å². The van der Waals surface area contributed by atoms with Crippen molar-refractivity contribution in [2.24, 2.45) is 0 Å². The molecule has 1 aliphatic rings. The lowest BCUT2D eigenvalue weighted by molar-refractivity contribution is -0.142. The smallest absolute Gasteiger partial charge is 0.322 e. The Hall–Kier alpha value is -1.40. The largest absolute Gasteiger partial charge is 0.468 e. The molecule has 1 amide bonds. The van der Waals surface area contributed by atoms with E-state index in [1.54, 1.807) is 6.92 Å². The zero-order valence-electron chi connectivity index (χ0n) is 9.99. The van der Waals surface area contributed by atoms with E-state index in [0.717, 1.165) is 15.7 Å². The van der Waals surface area contributed by atoms with Gasteiger partial charge in [-0.3, -0.25) is 14.9 Å². The Morgan fingerprint density at radius 3 is 2.94 bits per heavy atom. The second kappa shape index (κ2) is 5.07. The van der Waals surface area contributed by atoms with E-state index < -0.39 is 18.1 Å². The average Bonchev–Trinajstić information content (AvgIpc) is 2.66. The summed E-state index contributed by atoms with van der Waals surface area (Å²) in [7, 11) is 1.32. The summed E-state index contributed by atoms with van der Waals surface area (Å²) in [5.41, 5.74) is 1.57. The lowest BCUT2D eigenvalue weighted by Crippen LogP contribution is -2.40. The minimum absolute atomic E-state index is 0.173. The SMILES string of the molecule is COC(=O)[C@H](C)NC1C(=O)Nc2cccc(Br)c21. The van der Waals surface area contributed by atoms with Gasteiger partial charge in [0, 0.05) is 15.7 Å². The summed E-state index contributed by atoms with van der Waals surface area (Å²) in [6.45, 7) is 1.66. The van der Waals surface area contributed by atoms with Gasteiger partial charge in [0.1, 0.15) is 12.1 Å². The molecule has 6 heteroatoms. The number of rotatable bonds is 3. The molecule has 0 aliphatic carbocycles. The molecule has 0 radical (unpaired) electrons. The Balaban J connectivity index is 2.26. The van der Waals surface area contributed by atoms with Gasteiger partial charge in [-0.05, 0) is 19.1 Å². The van der Waals surface area contributed by atoms with E-state index >= 15 is 0 Å². The number of ether oxygens (including phenoxy) is 1. The second-order valence-corrected chi connectivity index (χ2v) is 4.89. The highest BCUT2D eigenvalue weighted by molar-refractivity contribution is 9.10. The van der Waals surface area contributed by atoms with Crippen LogP contribution in [0.3, 0.4) is 0 Å². The number of fused-ring (bicyclic) bond motifs is 1. The van der Waals surface area contributed by atoms with E-state index in [0.29, 0.717) is 0 Å². The first-order chi connectivity index (χ1) is 8.54. The summed E-state index contributed by atoms with van der Waals surface area (Å²) in [4.78, 5) is 23.3. The number of carbonyl (C=O) groups is 2. The van der Waals surface area contributed by atoms with Crippen LogP contribution in [0.1, 0.15) is 18.5 Å². The van der Waals surface area contributed by atoms with Crippen molar-refractivity contribution >= 4 is 33.5 Å². The van der Waals surface area contributed by atoms with Crippen molar-refractivity contribution in [3.63, 3.8) is 0 Å². The first-order valence-corrected chi connectivity index (χ1v) is 6.27. The van der Waals surface area contributed by atoms with Crippen molar-refractivity contribution in [1.82, 2.24) is 5.32 Å². The van der Waals surface area contributed by atoms with Gasteiger partial charge in [0.15, 0.2) is 0 Å². The topological polar surface area (TPSA) is 67.4 Å². The van der Waals surface area contributed by atoms with Crippen LogP contribution in [-0.4, -0.2) is 25.0 Å². The third-order valence-electron chi connectivity index (χ3n) is 2.83. The summed E-state index contributed by atoms with van der Waals surface area (Å²) in [6, 6.07) is 4.42. The summed E-state index contributed by atoms with van der Waals surface area (Å²) >= 11 is 3.41. The van der Waals surface area contributed by atoms with Crippen LogP contribution in [0.15, 0.2) is 22.7 Å². The highest BCUT2D eigenvalue weighted by Crippen LogP contribution is 2.36. The van der Waals surface area contributed by atoms with Gasteiger partial charge in [-0.1, -0.05) is 22.0 Å². The molecule has 2 atom stereocenters. The maximum atomic E-state index is 11.9. The van der Waals surface area contributed by atoms with Crippen molar-refractivity contribution in [2.75, 3.05) is 12.4 Å². The Labute approximate surface area is 113 Å². The second-order valence-electron chi connectivity index (χ2n) is 4.03. The van der Waals surface area contributed by atoms with E-state index in [1.165, 1.54) is 7.11 Å². The molecule has 0 aromatic heterocycles. The lowest BCUT2D eigenvalue weighted by Gasteiger charge is -2.17. The van der Waals surface area contributed by atoms with Crippen molar-refractivity contribution < 1.29 is 14.3 Å². The van der Waals surface area contributed by atoms with Crippen LogP contribution >= 0.6 is 15.9 Å². The predicted molar refractivity (Wildman–Crippen MR) is 70.1 cm³/mol. The van der Waals surface area contributed by atoms with Crippen LogP contribution in [0.5, 0.6) is 0 Å². The van der Waals surface area contributed by atoms with Crippen molar-refractivity contribution in [2.45, 2.75) is 19.0 Å². The van der Waals surface area contributed by atoms with E-state index in [2.05, 4.69) is 31.3 Å². The van der Waals surface area contributed by atoms with E-state index in [4.69, 9.17) is 0 Å². The standard InChI is InChI=1S/C12H13BrN2O3/c1-6(12(17)18-2)14-10-9-7(13)4-3-5-8(9)15-11(10)16/h3-6,10,14H,1-2H3,(H,15,16)/t6-,10?/m0/s1. The third kappa shape index (κ3) is 2.26. The molecule has 5 nitrogen and oxygen atoms in total. The van der Waals surface area contributed by atoms with Crippen LogP contribution in [-0.2, 0) is 14.3 Å². The number of benzene rings is 1. The lowest BCUT2D eigenvalue weighted by atomic mass is 10.1.